The van der Waals surface area contributed by atoms with Crippen LogP contribution in [0.3, 0.4) is 0 Å². The first-order valence-electron chi connectivity index (χ1n) is 5.80. The third-order valence-electron chi connectivity index (χ3n) is 2.60. The second kappa shape index (κ2) is 5.99. The molecule has 0 aliphatic rings. The largest absolute Gasteiger partial charge is 0.480 e. The van der Waals surface area contributed by atoms with E-state index in [-0.39, 0.29) is 6.04 Å². The average Bonchev–Trinajstić information content (AvgIpc) is 2.41. The highest BCUT2D eigenvalue weighted by molar-refractivity contribution is 9.10. The van der Waals surface area contributed by atoms with Crippen LogP contribution in [-0.4, -0.2) is 17.1 Å². The van der Waals surface area contributed by atoms with Crippen LogP contribution in [0.25, 0.3) is 0 Å². The van der Waals surface area contributed by atoms with Gasteiger partial charge in [-0.05, 0) is 34.5 Å². The standard InChI is InChI=1S/C13H15BrN4O/c1-8(15)9-5-3-4-6-11(9)17-13-16-7-10(14)12(18-13)19-2/h3-8H,15H2,1-2H3,(H,16,17,18). The molecule has 19 heavy (non-hydrogen) atoms. The summed E-state index contributed by atoms with van der Waals surface area (Å²) in [5.74, 6) is 0.948. The molecular formula is C13H15BrN4O. The molecule has 2 rings (SSSR count). The second-order valence-electron chi connectivity index (χ2n) is 4.05. The van der Waals surface area contributed by atoms with Gasteiger partial charge in [0.25, 0.3) is 0 Å². The minimum atomic E-state index is -0.0685. The van der Waals surface area contributed by atoms with Crippen molar-refractivity contribution < 1.29 is 4.74 Å². The molecule has 0 fully saturated rings. The maximum atomic E-state index is 5.94. The molecule has 100 valence electrons. The fourth-order valence-corrected chi connectivity index (χ4v) is 2.04. The number of para-hydroxylation sites is 1. The zero-order valence-electron chi connectivity index (χ0n) is 10.7. The van der Waals surface area contributed by atoms with Crippen LogP contribution in [0.5, 0.6) is 5.88 Å². The summed E-state index contributed by atoms with van der Waals surface area (Å²) >= 11 is 3.32. The van der Waals surface area contributed by atoms with Gasteiger partial charge in [0, 0.05) is 11.7 Å². The number of halogens is 1. The third kappa shape index (κ3) is 3.21. The van der Waals surface area contributed by atoms with Gasteiger partial charge in [-0.1, -0.05) is 18.2 Å². The fourth-order valence-electron chi connectivity index (χ4n) is 1.68. The molecule has 0 saturated carbocycles. The van der Waals surface area contributed by atoms with Gasteiger partial charge in [0.15, 0.2) is 0 Å². The van der Waals surface area contributed by atoms with Crippen LogP contribution >= 0.6 is 15.9 Å². The minimum absolute atomic E-state index is 0.0685. The Morgan fingerprint density at radius 1 is 1.37 bits per heavy atom. The summed E-state index contributed by atoms with van der Waals surface area (Å²) in [6.07, 6.45) is 1.64. The quantitative estimate of drug-likeness (QED) is 0.905. The van der Waals surface area contributed by atoms with Crippen molar-refractivity contribution in [3.05, 3.63) is 40.5 Å². The Labute approximate surface area is 120 Å². The number of aromatic nitrogens is 2. The molecule has 0 aliphatic heterocycles. The van der Waals surface area contributed by atoms with Crippen molar-refractivity contribution in [1.82, 2.24) is 9.97 Å². The Balaban J connectivity index is 2.31. The summed E-state index contributed by atoms with van der Waals surface area (Å²) in [5.41, 5.74) is 7.83. The molecule has 0 amide bonds. The van der Waals surface area contributed by atoms with E-state index in [9.17, 15) is 0 Å². The number of methoxy groups -OCH3 is 1. The van der Waals surface area contributed by atoms with Crippen LogP contribution in [0.1, 0.15) is 18.5 Å². The summed E-state index contributed by atoms with van der Waals surface area (Å²) in [6.45, 7) is 1.93. The smallest absolute Gasteiger partial charge is 0.232 e. The van der Waals surface area contributed by atoms with Crippen LogP contribution < -0.4 is 15.8 Å². The summed E-state index contributed by atoms with van der Waals surface area (Å²) < 4.78 is 5.85. The van der Waals surface area contributed by atoms with Gasteiger partial charge in [0.2, 0.25) is 11.8 Å². The van der Waals surface area contributed by atoms with Crippen molar-refractivity contribution in [3.8, 4) is 5.88 Å². The molecule has 2 aromatic rings. The zero-order valence-corrected chi connectivity index (χ0v) is 12.3. The summed E-state index contributed by atoms with van der Waals surface area (Å²) in [4.78, 5) is 8.45. The predicted molar refractivity (Wildman–Crippen MR) is 78.6 cm³/mol. The molecule has 0 bridgehead atoms. The minimum Gasteiger partial charge on any atom is -0.480 e. The number of hydrogen-bond acceptors (Lipinski definition) is 5. The normalized spacial score (nSPS) is 12.0. The van der Waals surface area contributed by atoms with Crippen LogP contribution in [0.15, 0.2) is 34.9 Å². The fraction of sp³-hybridized carbons (Fsp3) is 0.231. The van der Waals surface area contributed by atoms with Crippen LogP contribution in [0, 0.1) is 0 Å². The third-order valence-corrected chi connectivity index (χ3v) is 3.15. The first kappa shape index (κ1) is 13.8. The molecule has 1 atom stereocenters. The van der Waals surface area contributed by atoms with Crippen molar-refractivity contribution in [1.29, 1.82) is 0 Å². The number of hydrogen-bond donors (Lipinski definition) is 2. The molecule has 0 spiro atoms. The molecule has 3 N–H and O–H groups in total. The SMILES string of the molecule is COc1nc(Nc2ccccc2C(C)N)ncc1Br. The summed E-state index contributed by atoms with van der Waals surface area (Å²) in [5, 5.41) is 3.15. The summed E-state index contributed by atoms with van der Waals surface area (Å²) in [7, 11) is 1.56. The molecule has 0 aliphatic carbocycles. The summed E-state index contributed by atoms with van der Waals surface area (Å²) in [6, 6.07) is 7.73. The van der Waals surface area contributed by atoms with Crippen LogP contribution in [0.4, 0.5) is 11.6 Å². The van der Waals surface area contributed by atoms with Crippen molar-refractivity contribution in [2.75, 3.05) is 12.4 Å². The number of benzene rings is 1. The van der Waals surface area contributed by atoms with E-state index < -0.39 is 0 Å². The lowest BCUT2D eigenvalue weighted by molar-refractivity contribution is 0.394. The number of nitrogens with zero attached hydrogens (tertiary/aromatic N) is 2. The monoisotopic (exact) mass is 322 g/mol. The Morgan fingerprint density at radius 3 is 2.79 bits per heavy atom. The van der Waals surface area contributed by atoms with Crippen molar-refractivity contribution >= 4 is 27.6 Å². The molecule has 1 aromatic carbocycles. The van der Waals surface area contributed by atoms with Gasteiger partial charge in [-0.2, -0.15) is 4.98 Å². The van der Waals surface area contributed by atoms with E-state index in [2.05, 4.69) is 31.2 Å². The Bertz CT molecular complexity index is 574. The first-order valence-corrected chi connectivity index (χ1v) is 6.59. The molecule has 0 radical (unpaired) electrons. The highest BCUT2D eigenvalue weighted by atomic mass is 79.9. The van der Waals surface area contributed by atoms with E-state index in [1.807, 2.05) is 31.2 Å². The number of nitrogens with two attached hydrogens (primary N) is 1. The number of nitrogens with one attached hydrogen (secondary N) is 1. The van der Waals surface area contributed by atoms with Gasteiger partial charge in [-0.3, -0.25) is 0 Å². The van der Waals surface area contributed by atoms with Gasteiger partial charge in [-0.15, -0.1) is 0 Å². The van der Waals surface area contributed by atoms with Gasteiger partial charge >= 0.3 is 0 Å². The highest BCUT2D eigenvalue weighted by Crippen LogP contribution is 2.26. The molecule has 1 unspecified atom stereocenters. The van der Waals surface area contributed by atoms with Crippen LogP contribution in [-0.2, 0) is 0 Å². The number of rotatable bonds is 4. The van der Waals surface area contributed by atoms with E-state index >= 15 is 0 Å². The van der Waals surface area contributed by atoms with E-state index in [0.29, 0.717) is 16.3 Å². The van der Waals surface area contributed by atoms with E-state index in [1.165, 1.54) is 0 Å². The Kier molecular flexibility index (Phi) is 4.34. The Hall–Kier alpha value is -1.66. The van der Waals surface area contributed by atoms with E-state index in [4.69, 9.17) is 10.5 Å². The van der Waals surface area contributed by atoms with Gasteiger partial charge < -0.3 is 15.8 Å². The van der Waals surface area contributed by atoms with Crippen molar-refractivity contribution in [2.24, 2.45) is 5.73 Å². The molecule has 5 nitrogen and oxygen atoms in total. The van der Waals surface area contributed by atoms with Gasteiger partial charge in [0.05, 0.1) is 17.8 Å². The lowest BCUT2D eigenvalue weighted by atomic mass is 10.1. The molecule has 6 heteroatoms. The lowest BCUT2D eigenvalue weighted by Gasteiger charge is -2.13. The van der Waals surface area contributed by atoms with Crippen LogP contribution in [0.2, 0.25) is 0 Å². The Morgan fingerprint density at radius 2 is 2.11 bits per heavy atom. The van der Waals surface area contributed by atoms with Crippen molar-refractivity contribution in [3.63, 3.8) is 0 Å². The first-order chi connectivity index (χ1) is 9.11. The lowest BCUT2D eigenvalue weighted by Crippen LogP contribution is -2.09. The topological polar surface area (TPSA) is 73.1 Å². The maximum absolute atomic E-state index is 5.94. The maximum Gasteiger partial charge on any atom is 0.232 e. The predicted octanol–water partition coefficient (Wildman–Crippen LogP) is 3.01. The molecule has 0 saturated heterocycles. The van der Waals surface area contributed by atoms with Gasteiger partial charge in [0.1, 0.15) is 0 Å². The molecular weight excluding hydrogens is 308 g/mol. The highest BCUT2D eigenvalue weighted by Gasteiger charge is 2.09. The average molecular weight is 323 g/mol. The molecule has 1 heterocycles. The number of ether oxygens (including phenoxy) is 1. The van der Waals surface area contributed by atoms with E-state index in [0.717, 1.165) is 11.3 Å². The zero-order chi connectivity index (χ0) is 13.8. The van der Waals surface area contributed by atoms with Crippen molar-refractivity contribution in [2.45, 2.75) is 13.0 Å². The van der Waals surface area contributed by atoms with E-state index in [1.54, 1.807) is 13.3 Å². The molecule has 1 aromatic heterocycles. The number of anilines is 2. The second-order valence-corrected chi connectivity index (χ2v) is 4.91. The van der Waals surface area contributed by atoms with Gasteiger partial charge in [-0.25, -0.2) is 4.98 Å².